The van der Waals surface area contributed by atoms with Crippen LogP contribution in [-0.4, -0.2) is 50.1 Å². The first kappa shape index (κ1) is 20.1. The average molecular weight is 385 g/mol. The summed E-state index contributed by atoms with van der Waals surface area (Å²) in [7, 11) is 2.15. The minimum absolute atomic E-state index is 0.171. The Bertz CT molecular complexity index is 756. The SMILES string of the molecule is CCC(Oc1ccc(F)cc1)C(=O)NCc1ccc(N2CCN(C)CC2)cc1. The van der Waals surface area contributed by atoms with Crippen molar-refractivity contribution in [1.29, 1.82) is 0 Å². The number of piperazine rings is 1. The lowest BCUT2D eigenvalue weighted by Gasteiger charge is -2.34. The summed E-state index contributed by atoms with van der Waals surface area (Å²) in [5.74, 6) is -0.0141. The molecule has 2 aromatic carbocycles. The third-order valence-corrected chi connectivity index (χ3v) is 5.03. The smallest absolute Gasteiger partial charge is 0.261 e. The van der Waals surface area contributed by atoms with Crippen LogP contribution in [0.3, 0.4) is 0 Å². The molecule has 6 heteroatoms. The molecule has 28 heavy (non-hydrogen) atoms. The van der Waals surface area contributed by atoms with Gasteiger partial charge in [-0.1, -0.05) is 19.1 Å². The number of nitrogens with zero attached hydrogens (tertiary/aromatic N) is 2. The highest BCUT2D eigenvalue weighted by Gasteiger charge is 2.18. The summed E-state index contributed by atoms with van der Waals surface area (Å²) >= 11 is 0. The Morgan fingerprint density at radius 2 is 1.71 bits per heavy atom. The average Bonchev–Trinajstić information content (AvgIpc) is 2.72. The van der Waals surface area contributed by atoms with Crippen LogP contribution in [0.25, 0.3) is 0 Å². The number of benzene rings is 2. The number of anilines is 1. The first-order chi connectivity index (χ1) is 13.5. The molecule has 1 fully saturated rings. The van der Waals surface area contributed by atoms with Gasteiger partial charge in [-0.15, -0.1) is 0 Å². The number of nitrogens with one attached hydrogen (secondary N) is 1. The zero-order valence-electron chi connectivity index (χ0n) is 16.5. The van der Waals surface area contributed by atoms with Gasteiger partial charge in [-0.25, -0.2) is 4.39 Å². The van der Waals surface area contributed by atoms with E-state index in [2.05, 4.69) is 46.4 Å². The Morgan fingerprint density at radius 1 is 1.07 bits per heavy atom. The van der Waals surface area contributed by atoms with E-state index >= 15 is 0 Å². The monoisotopic (exact) mass is 385 g/mol. The fourth-order valence-electron chi connectivity index (χ4n) is 3.19. The Kier molecular flexibility index (Phi) is 6.87. The first-order valence-electron chi connectivity index (χ1n) is 9.77. The van der Waals surface area contributed by atoms with E-state index in [0.717, 1.165) is 31.7 Å². The first-order valence-corrected chi connectivity index (χ1v) is 9.77. The van der Waals surface area contributed by atoms with Crippen molar-refractivity contribution in [2.45, 2.75) is 26.0 Å². The van der Waals surface area contributed by atoms with Crippen LogP contribution in [0.1, 0.15) is 18.9 Å². The molecule has 0 saturated carbocycles. The fourth-order valence-corrected chi connectivity index (χ4v) is 3.19. The van der Waals surface area contributed by atoms with Crippen molar-refractivity contribution in [3.05, 3.63) is 59.9 Å². The highest BCUT2D eigenvalue weighted by molar-refractivity contribution is 5.81. The Balaban J connectivity index is 1.50. The van der Waals surface area contributed by atoms with E-state index in [1.54, 1.807) is 0 Å². The topological polar surface area (TPSA) is 44.8 Å². The summed E-state index contributed by atoms with van der Waals surface area (Å²) in [6.45, 7) is 6.55. The van der Waals surface area contributed by atoms with Crippen LogP contribution in [0.15, 0.2) is 48.5 Å². The van der Waals surface area contributed by atoms with Gasteiger partial charge in [0, 0.05) is 38.4 Å². The molecule has 0 bridgehead atoms. The number of carbonyl (C=O) groups excluding carboxylic acids is 1. The summed E-state index contributed by atoms with van der Waals surface area (Å²) in [4.78, 5) is 17.2. The molecular weight excluding hydrogens is 357 g/mol. The van der Waals surface area contributed by atoms with E-state index in [4.69, 9.17) is 4.74 Å². The maximum atomic E-state index is 13.0. The van der Waals surface area contributed by atoms with Crippen molar-refractivity contribution >= 4 is 11.6 Å². The number of halogens is 1. The van der Waals surface area contributed by atoms with Gasteiger partial charge in [0.2, 0.25) is 0 Å². The molecule has 0 spiro atoms. The molecular formula is C22H28FN3O2. The number of likely N-dealkylation sites (N-methyl/N-ethyl adjacent to an activating group) is 1. The van der Waals surface area contributed by atoms with Gasteiger partial charge >= 0.3 is 0 Å². The minimum atomic E-state index is -0.602. The normalized spacial score (nSPS) is 15.9. The van der Waals surface area contributed by atoms with Crippen LogP contribution in [0.4, 0.5) is 10.1 Å². The lowest BCUT2D eigenvalue weighted by molar-refractivity contribution is -0.128. The van der Waals surface area contributed by atoms with Crippen molar-refractivity contribution < 1.29 is 13.9 Å². The lowest BCUT2D eigenvalue weighted by atomic mass is 10.1. The molecule has 1 saturated heterocycles. The third kappa shape index (κ3) is 5.45. The molecule has 1 aliphatic heterocycles. The third-order valence-electron chi connectivity index (χ3n) is 5.03. The summed E-state index contributed by atoms with van der Waals surface area (Å²) < 4.78 is 18.7. The number of hydrogen-bond acceptors (Lipinski definition) is 4. The Morgan fingerprint density at radius 3 is 2.32 bits per heavy atom. The lowest BCUT2D eigenvalue weighted by Crippen LogP contribution is -2.44. The van der Waals surface area contributed by atoms with Gasteiger partial charge in [0.05, 0.1) is 0 Å². The van der Waals surface area contributed by atoms with Gasteiger partial charge in [-0.3, -0.25) is 4.79 Å². The van der Waals surface area contributed by atoms with Gasteiger partial charge in [-0.05, 0) is 55.4 Å². The molecule has 5 nitrogen and oxygen atoms in total. The van der Waals surface area contributed by atoms with Crippen molar-refractivity contribution in [1.82, 2.24) is 10.2 Å². The highest BCUT2D eigenvalue weighted by Crippen LogP contribution is 2.18. The van der Waals surface area contributed by atoms with E-state index in [1.807, 2.05) is 6.92 Å². The molecule has 1 heterocycles. The largest absolute Gasteiger partial charge is 0.481 e. The predicted octanol–water partition coefficient (Wildman–Crippen LogP) is 3.05. The van der Waals surface area contributed by atoms with E-state index in [9.17, 15) is 9.18 Å². The maximum Gasteiger partial charge on any atom is 0.261 e. The zero-order chi connectivity index (χ0) is 19.9. The maximum absolute atomic E-state index is 13.0. The minimum Gasteiger partial charge on any atom is -0.481 e. The van der Waals surface area contributed by atoms with E-state index in [1.165, 1.54) is 30.0 Å². The van der Waals surface area contributed by atoms with E-state index < -0.39 is 6.10 Å². The molecule has 1 amide bonds. The van der Waals surface area contributed by atoms with Crippen LogP contribution in [0.2, 0.25) is 0 Å². The second-order valence-corrected chi connectivity index (χ2v) is 7.14. The summed E-state index contributed by atoms with van der Waals surface area (Å²) in [5, 5.41) is 2.93. The second-order valence-electron chi connectivity index (χ2n) is 7.14. The molecule has 1 N–H and O–H groups in total. The molecule has 1 unspecified atom stereocenters. The molecule has 0 aromatic heterocycles. The standard InChI is InChI=1S/C22H28FN3O2/c1-3-21(28-20-10-6-18(23)7-11-20)22(27)24-16-17-4-8-19(9-5-17)26-14-12-25(2)13-15-26/h4-11,21H,3,12-16H2,1-2H3,(H,24,27). The van der Waals surface area contributed by atoms with E-state index in [-0.39, 0.29) is 11.7 Å². The van der Waals surface area contributed by atoms with Gasteiger partial charge in [0.15, 0.2) is 6.10 Å². The van der Waals surface area contributed by atoms with Gasteiger partial charge in [0.1, 0.15) is 11.6 Å². The zero-order valence-corrected chi connectivity index (χ0v) is 16.5. The van der Waals surface area contributed by atoms with Crippen molar-refractivity contribution in [3.8, 4) is 5.75 Å². The molecule has 1 aliphatic rings. The van der Waals surface area contributed by atoms with Crippen LogP contribution in [-0.2, 0) is 11.3 Å². The number of amides is 1. The van der Waals surface area contributed by atoms with Crippen LogP contribution in [0, 0.1) is 5.82 Å². The Hall–Kier alpha value is -2.60. The molecule has 3 rings (SSSR count). The summed E-state index contributed by atoms with van der Waals surface area (Å²) in [5.41, 5.74) is 2.26. The number of ether oxygens (including phenoxy) is 1. The molecule has 0 radical (unpaired) electrons. The number of hydrogen-bond donors (Lipinski definition) is 1. The molecule has 0 aliphatic carbocycles. The van der Waals surface area contributed by atoms with Crippen LogP contribution in [0.5, 0.6) is 5.75 Å². The second kappa shape index (κ2) is 9.55. The van der Waals surface area contributed by atoms with Crippen molar-refractivity contribution in [3.63, 3.8) is 0 Å². The molecule has 150 valence electrons. The van der Waals surface area contributed by atoms with E-state index in [0.29, 0.717) is 18.7 Å². The summed E-state index contributed by atoms with van der Waals surface area (Å²) in [6, 6.07) is 14.0. The molecule has 1 atom stereocenters. The van der Waals surface area contributed by atoms with Crippen molar-refractivity contribution in [2.75, 3.05) is 38.1 Å². The Labute approximate surface area is 166 Å². The van der Waals surface area contributed by atoms with Crippen LogP contribution >= 0.6 is 0 Å². The molecule has 2 aromatic rings. The van der Waals surface area contributed by atoms with Crippen LogP contribution < -0.4 is 15.0 Å². The predicted molar refractivity (Wildman–Crippen MR) is 109 cm³/mol. The van der Waals surface area contributed by atoms with Gasteiger partial charge in [0.25, 0.3) is 5.91 Å². The van der Waals surface area contributed by atoms with Gasteiger partial charge in [-0.2, -0.15) is 0 Å². The number of rotatable bonds is 7. The quantitative estimate of drug-likeness (QED) is 0.796. The van der Waals surface area contributed by atoms with Crippen molar-refractivity contribution in [2.24, 2.45) is 0 Å². The number of carbonyl (C=O) groups is 1. The fraction of sp³-hybridized carbons (Fsp3) is 0.409. The summed E-state index contributed by atoms with van der Waals surface area (Å²) in [6.07, 6.45) is -0.0685. The van der Waals surface area contributed by atoms with Gasteiger partial charge < -0.3 is 19.9 Å². The highest BCUT2D eigenvalue weighted by atomic mass is 19.1.